The number of hydrogen-bond acceptors (Lipinski definition) is 7. The van der Waals surface area contributed by atoms with E-state index in [9.17, 15) is 0 Å². The molecule has 0 spiro atoms. The van der Waals surface area contributed by atoms with E-state index in [4.69, 9.17) is 19.6 Å². The summed E-state index contributed by atoms with van der Waals surface area (Å²) < 4.78 is 1.82. The normalized spacial score (nSPS) is 11.5. The van der Waals surface area contributed by atoms with Gasteiger partial charge in [-0.3, -0.25) is 9.59 Å². The number of nitrogens with zero attached hydrogens (tertiary/aromatic N) is 5. The van der Waals surface area contributed by atoms with Gasteiger partial charge in [-0.15, -0.1) is 11.3 Å². The van der Waals surface area contributed by atoms with Gasteiger partial charge in [-0.1, -0.05) is 29.2 Å². The zero-order chi connectivity index (χ0) is 24.9. The van der Waals surface area contributed by atoms with Crippen molar-refractivity contribution in [1.29, 1.82) is 0 Å². The van der Waals surface area contributed by atoms with Gasteiger partial charge >= 0.3 is 0 Å². The average Bonchev–Trinajstić information content (AvgIpc) is 3.49. The maximum atomic E-state index is 9.06. The molecule has 4 aromatic heterocycles. The molecular formula is C24H31N6O2PS. The number of carbonyl (C=O) groups is 2. The first-order chi connectivity index (χ1) is 16.6. The lowest BCUT2D eigenvalue weighted by Gasteiger charge is -2.32. The van der Waals surface area contributed by atoms with E-state index < -0.39 is 0 Å². The monoisotopic (exact) mass is 498 g/mol. The summed E-state index contributed by atoms with van der Waals surface area (Å²) in [5, 5.41) is 8.78. The predicted molar refractivity (Wildman–Crippen MR) is 144 cm³/mol. The average molecular weight is 499 g/mol. The molecule has 0 aromatic carbocycles. The van der Waals surface area contributed by atoms with Crippen molar-refractivity contribution in [2.24, 2.45) is 0 Å². The van der Waals surface area contributed by atoms with Gasteiger partial charge in [0.15, 0.2) is 5.65 Å². The molecule has 1 aliphatic rings. The Morgan fingerprint density at radius 2 is 1.82 bits per heavy atom. The molecule has 0 radical (unpaired) electrons. The van der Waals surface area contributed by atoms with Crippen molar-refractivity contribution in [2.45, 2.75) is 27.2 Å². The van der Waals surface area contributed by atoms with Crippen LogP contribution >= 0.6 is 20.6 Å². The Balaban J connectivity index is 0.000000399. The van der Waals surface area contributed by atoms with Crippen molar-refractivity contribution in [1.82, 2.24) is 24.9 Å². The van der Waals surface area contributed by atoms with Crippen LogP contribution in [-0.2, 0) is 9.59 Å². The van der Waals surface area contributed by atoms with Gasteiger partial charge in [0.1, 0.15) is 11.8 Å². The van der Waals surface area contributed by atoms with Gasteiger partial charge < -0.3 is 10.2 Å². The maximum absolute atomic E-state index is 9.06. The number of carbonyl (C=O) groups excluding carboxylic acids is 2. The summed E-state index contributed by atoms with van der Waals surface area (Å²) in [7, 11) is 3.46. The van der Waals surface area contributed by atoms with Gasteiger partial charge in [0, 0.05) is 26.3 Å². The molecule has 5 heterocycles. The van der Waals surface area contributed by atoms with E-state index in [1.54, 1.807) is 18.4 Å². The highest BCUT2D eigenvalue weighted by atomic mass is 32.1. The summed E-state index contributed by atoms with van der Waals surface area (Å²) >= 11 is 1.69. The summed E-state index contributed by atoms with van der Waals surface area (Å²) in [6.45, 7) is 8.29. The molecule has 34 heavy (non-hydrogen) atoms. The summed E-state index contributed by atoms with van der Waals surface area (Å²) in [6.07, 6.45) is 5.70. The molecule has 1 unspecified atom stereocenters. The minimum Gasteiger partial charge on any atom is -0.362 e. The molecule has 4 aromatic rings. The third-order valence-electron chi connectivity index (χ3n) is 4.67. The molecule has 8 nitrogen and oxygen atoms in total. The van der Waals surface area contributed by atoms with Crippen LogP contribution in [0.1, 0.15) is 25.8 Å². The Morgan fingerprint density at radius 3 is 2.38 bits per heavy atom. The summed E-state index contributed by atoms with van der Waals surface area (Å²) in [6, 6.07) is 11.1. The highest BCUT2D eigenvalue weighted by Gasteiger charge is 2.18. The number of thiophene rings is 1. The van der Waals surface area contributed by atoms with Crippen molar-refractivity contribution < 1.29 is 9.59 Å². The van der Waals surface area contributed by atoms with Crippen molar-refractivity contribution in [3.63, 3.8) is 0 Å². The molecule has 180 valence electrons. The van der Waals surface area contributed by atoms with E-state index in [0.29, 0.717) is 12.4 Å². The van der Waals surface area contributed by atoms with Gasteiger partial charge in [0.25, 0.3) is 0 Å². The maximum Gasteiger partial charge on any atom is 0.206 e. The molecular weight excluding hydrogens is 467 g/mol. The van der Waals surface area contributed by atoms with Crippen LogP contribution in [0.25, 0.3) is 27.5 Å². The number of nitrogens with one attached hydrogen (secondary N) is 1. The number of fused-ring (bicyclic) bond motifs is 1. The number of rotatable bonds is 4. The van der Waals surface area contributed by atoms with Crippen LogP contribution in [0.3, 0.4) is 0 Å². The third kappa shape index (κ3) is 6.92. The molecule has 1 amide bonds. The van der Waals surface area contributed by atoms with Crippen LogP contribution in [0.5, 0.6) is 0 Å². The largest absolute Gasteiger partial charge is 0.362 e. The molecule has 1 N–H and O–H groups in total. The lowest BCUT2D eigenvalue weighted by molar-refractivity contribution is -0.109. The first-order valence-corrected chi connectivity index (χ1v) is 12.5. The number of amides is 1. The van der Waals surface area contributed by atoms with E-state index in [1.165, 1.54) is 12.0 Å². The quantitative estimate of drug-likeness (QED) is 0.330. The third-order valence-corrected chi connectivity index (χ3v) is 5.57. The summed E-state index contributed by atoms with van der Waals surface area (Å²) in [5.41, 5.74) is 4.94. The van der Waals surface area contributed by atoms with Crippen LogP contribution < -0.4 is 10.2 Å². The second-order valence-electron chi connectivity index (χ2n) is 6.89. The highest BCUT2D eigenvalue weighted by molar-refractivity contribution is 7.36. The van der Waals surface area contributed by atoms with E-state index in [-0.39, 0.29) is 0 Å². The van der Waals surface area contributed by atoms with Crippen molar-refractivity contribution in [2.75, 3.05) is 25.0 Å². The first kappa shape index (κ1) is 27.1. The Bertz CT molecular complexity index is 1180. The summed E-state index contributed by atoms with van der Waals surface area (Å²) in [5.74, 6) is 1.05. The number of pyridine rings is 1. The smallest absolute Gasteiger partial charge is 0.206 e. The lowest BCUT2D eigenvalue weighted by Crippen LogP contribution is -2.37. The van der Waals surface area contributed by atoms with E-state index >= 15 is 0 Å². The van der Waals surface area contributed by atoms with Crippen LogP contribution in [0.15, 0.2) is 48.1 Å². The Kier molecular flexibility index (Phi) is 11.3. The van der Waals surface area contributed by atoms with Crippen molar-refractivity contribution in [3.8, 4) is 21.8 Å². The summed E-state index contributed by atoms with van der Waals surface area (Å²) in [4.78, 5) is 31.0. The van der Waals surface area contributed by atoms with Gasteiger partial charge in [-0.05, 0) is 48.6 Å². The topological polar surface area (TPSA) is 92.5 Å². The van der Waals surface area contributed by atoms with Crippen LogP contribution in [0.4, 0.5) is 5.82 Å². The minimum atomic E-state index is 0.625. The molecule has 1 aliphatic heterocycles. The molecule has 1 atom stereocenters. The highest BCUT2D eigenvalue weighted by Crippen LogP contribution is 2.29. The van der Waals surface area contributed by atoms with Gasteiger partial charge in [0.2, 0.25) is 6.41 Å². The Hall–Kier alpha value is -3.16. The standard InChI is InChI=1S/C19H17N5S.C2H5NO.C2H6.CH3OP/c1-13-10-16(21-18(11-13)23-6-3-7-23)14-12-20-24-8-5-15(22-19(14)24)17-4-2-9-25-17;1-3-2-4;1-2;2-1-3/h2,4-5,8-12H,3,6-7H2,1H3;2H,1H3,(H,3,4);1-2H3;1H,3H2. The van der Waals surface area contributed by atoms with Crippen molar-refractivity contribution >= 4 is 44.5 Å². The molecule has 0 bridgehead atoms. The fourth-order valence-electron chi connectivity index (χ4n) is 3.11. The van der Waals surface area contributed by atoms with E-state index in [0.717, 1.165) is 46.4 Å². The second kappa shape index (κ2) is 14.2. The molecule has 0 saturated carbocycles. The molecule has 10 heteroatoms. The molecule has 1 fully saturated rings. The zero-order valence-corrected chi connectivity index (χ0v) is 21.9. The number of aromatic nitrogens is 4. The van der Waals surface area contributed by atoms with E-state index in [1.807, 2.05) is 52.1 Å². The predicted octanol–water partition coefficient (Wildman–Crippen LogP) is 4.48. The zero-order valence-electron chi connectivity index (χ0n) is 19.9. The SMILES string of the molecule is CC.CNC=O.Cc1cc(-c2cnn3ccc(-c4cccs4)nc23)nc(N2CCC2)c1.O=CP. The minimum absolute atomic E-state index is 0.625. The molecule has 1 saturated heterocycles. The number of hydrogen-bond donors (Lipinski definition) is 1. The fraction of sp³-hybridized carbons (Fsp3) is 0.292. The Labute approximate surface area is 206 Å². The van der Waals surface area contributed by atoms with Gasteiger partial charge in [0.05, 0.1) is 28.0 Å². The van der Waals surface area contributed by atoms with Crippen LogP contribution in [0.2, 0.25) is 0 Å². The fourth-order valence-corrected chi connectivity index (χ4v) is 3.80. The second-order valence-corrected chi connectivity index (χ2v) is 8.11. The molecule has 0 aliphatic carbocycles. The lowest BCUT2D eigenvalue weighted by atomic mass is 10.1. The van der Waals surface area contributed by atoms with Gasteiger partial charge in [-0.2, -0.15) is 5.10 Å². The van der Waals surface area contributed by atoms with Crippen LogP contribution in [0, 0.1) is 6.92 Å². The number of anilines is 1. The van der Waals surface area contributed by atoms with E-state index in [2.05, 4.69) is 45.8 Å². The molecule has 5 rings (SSSR count). The van der Waals surface area contributed by atoms with Crippen LogP contribution in [-0.4, -0.2) is 52.2 Å². The first-order valence-electron chi connectivity index (χ1n) is 11.0. The number of aryl methyl sites for hydroxylation is 1. The van der Waals surface area contributed by atoms with Gasteiger partial charge in [-0.25, -0.2) is 14.5 Å². The van der Waals surface area contributed by atoms with Crippen molar-refractivity contribution in [3.05, 3.63) is 53.7 Å². The Morgan fingerprint density at radius 1 is 1.12 bits per heavy atom.